The SMILES string of the molecule is Cc1cccc(COc2ccc(CCc3ccc(OCc4ccccc4)cc3)cc2)c1. The van der Waals surface area contributed by atoms with Crippen LogP contribution in [-0.2, 0) is 26.1 Å². The van der Waals surface area contributed by atoms with E-state index >= 15 is 0 Å². The molecule has 0 saturated carbocycles. The van der Waals surface area contributed by atoms with Gasteiger partial charge in [-0.25, -0.2) is 0 Å². The lowest BCUT2D eigenvalue weighted by Crippen LogP contribution is -1.97. The summed E-state index contributed by atoms with van der Waals surface area (Å²) in [5.41, 5.74) is 6.25. The van der Waals surface area contributed by atoms with Crippen LogP contribution >= 0.6 is 0 Å². The molecule has 0 N–H and O–H groups in total. The third-order valence-corrected chi connectivity index (χ3v) is 5.29. The molecule has 4 aromatic rings. The van der Waals surface area contributed by atoms with Crippen molar-refractivity contribution in [3.8, 4) is 11.5 Å². The first kappa shape index (κ1) is 20.7. The van der Waals surface area contributed by atoms with Gasteiger partial charge in [-0.1, -0.05) is 84.4 Å². The first-order valence-corrected chi connectivity index (χ1v) is 10.8. The molecule has 0 heterocycles. The Morgan fingerprint density at radius 2 is 1.00 bits per heavy atom. The van der Waals surface area contributed by atoms with Gasteiger partial charge < -0.3 is 9.47 Å². The molecule has 4 aromatic carbocycles. The molecule has 31 heavy (non-hydrogen) atoms. The van der Waals surface area contributed by atoms with Crippen LogP contribution in [0.1, 0.15) is 27.8 Å². The summed E-state index contributed by atoms with van der Waals surface area (Å²) in [6, 6.07) is 35.5. The van der Waals surface area contributed by atoms with Gasteiger partial charge in [0.15, 0.2) is 0 Å². The first-order chi connectivity index (χ1) is 15.2. The van der Waals surface area contributed by atoms with Gasteiger partial charge in [0.25, 0.3) is 0 Å². The van der Waals surface area contributed by atoms with Crippen molar-refractivity contribution in [2.75, 3.05) is 0 Å². The summed E-state index contributed by atoms with van der Waals surface area (Å²) in [7, 11) is 0. The van der Waals surface area contributed by atoms with Gasteiger partial charge in [0.05, 0.1) is 0 Å². The fourth-order valence-electron chi connectivity index (χ4n) is 3.50. The summed E-state index contributed by atoms with van der Waals surface area (Å²) >= 11 is 0. The van der Waals surface area contributed by atoms with Crippen LogP contribution in [0.4, 0.5) is 0 Å². The van der Waals surface area contributed by atoms with Gasteiger partial charge in [-0.3, -0.25) is 0 Å². The molecule has 156 valence electrons. The van der Waals surface area contributed by atoms with Crippen molar-refractivity contribution in [3.63, 3.8) is 0 Å². The highest BCUT2D eigenvalue weighted by molar-refractivity contribution is 5.31. The number of benzene rings is 4. The molecule has 2 heteroatoms. The van der Waals surface area contributed by atoms with Gasteiger partial charge >= 0.3 is 0 Å². The average molecular weight is 409 g/mol. The quantitative estimate of drug-likeness (QED) is 0.299. The molecule has 0 saturated heterocycles. The maximum atomic E-state index is 5.92. The zero-order chi connectivity index (χ0) is 21.3. The molecule has 0 aliphatic carbocycles. The van der Waals surface area contributed by atoms with Gasteiger partial charge in [-0.2, -0.15) is 0 Å². The minimum atomic E-state index is 0.596. The molecule has 0 atom stereocenters. The molecule has 2 nitrogen and oxygen atoms in total. The molecule has 0 aromatic heterocycles. The normalized spacial score (nSPS) is 10.6. The minimum Gasteiger partial charge on any atom is -0.489 e. The van der Waals surface area contributed by atoms with Gasteiger partial charge in [0, 0.05) is 0 Å². The number of hydrogen-bond donors (Lipinski definition) is 0. The second-order valence-electron chi connectivity index (χ2n) is 7.84. The summed E-state index contributed by atoms with van der Waals surface area (Å²) in [5, 5.41) is 0. The highest BCUT2D eigenvalue weighted by Gasteiger charge is 2.01. The van der Waals surface area contributed by atoms with E-state index in [2.05, 4.69) is 91.9 Å². The Kier molecular flexibility index (Phi) is 7.02. The van der Waals surface area contributed by atoms with Gasteiger partial charge in [0.1, 0.15) is 24.7 Å². The Hall–Kier alpha value is -3.52. The lowest BCUT2D eigenvalue weighted by atomic mass is 10.0. The van der Waals surface area contributed by atoms with Crippen molar-refractivity contribution in [3.05, 3.63) is 131 Å². The van der Waals surface area contributed by atoms with E-state index in [9.17, 15) is 0 Å². The van der Waals surface area contributed by atoms with Gasteiger partial charge in [-0.15, -0.1) is 0 Å². The van der Waals surface area contributed by atoms with Crippen LogP contribution in [0.2, 0.25) is 0 Å². The van der Waals surface area contributed by atoms with Crippen molar-refractivity contribution >= 4 is 0 Å². The molecular formula is C29H28O2. The van der Waals surface area contributed by atoms with E-state index in [0.29, 0.717) is 13.2 Å². The van der Waals surface area contributed by atoms with E-state index in [1.165, 1.54) is 27.8 Å². The summed E-state index contributed by atoms with van der Waals surface area (Å²) in [6.45, 7) is 3.29. The standard InChI is InChI=1S/C29H28O2/c1-23-6-5-9-27(20-23)22-31-29-18-14-25(15-19-29)11-10-24-12-16-28(17-13-24)30-21-26-7-3-2-4-8-26/h2-9,12-20H,10-11,21-22H2,1H3. The number of hydrogen-bond acceptors (Lipinski definition) is 2. The maximum absolute atomic E-state index is 5.92. The molecule has 0 radical (unpaired) electrons. The Labute approximate surface area is 185 Å². The number of aryl methyl sites for hydroxylation is 3. The van der Waals surface area contributed by atoms with Gasteiger partial charge in [0.2, 0.25) is 0 Å². The highest BCUT2D eigenvalue weighted by Crippen LogP contribution is 2.18. The van der Waals surface area contributed by atoms with Crippen molar-refractivity contribution in [1.82, 2.24) is 0 Å². The minimum absolute atomic E-state index is 0.596. The predicted octanol–water partition coefficient (Wildman–Crippen LogP) is 6.94. The van der Waals surface area contributed by atoms with E-state index in [-0.39, 0.29) is 0 Å². The van der Waals surface area contributed by atoms with Crippen LogP contribution in [0.25, 0.3) is 0 Å². The Morgan fingerprint density at radius 3 is 1.55 bits per heavy atom. The third-order valence-electron chi connectivity index (χ3n) is 5.29. The average Bonchev–Trinajstić information content (AvgIpc) is 2.82. The zero-order valence-corrected chi connectivity index (χ0v) is 18.0. The largest absolute Gasteiger partial charge is 0.489 e. The zero-order valence-electron chi connectivity index (χ0n) is 18.0. The summed E-state index contributed by atoms with van der Waals surface area (Å²) in [5.74, 6) is 1.81. The molecule has 0 spiro atoms. The van der Waals surface area contributed by atoms with E-state index < -0.39 is 0 Å². The molecule has 0 aliphatic rings. The van der Waals surface area contributed by atoms with Crippen LogP contribution in [-0.4, -0.2) is 0 Å². The molecule has 0 amide bonds. The molecule has 4 rings (SSSR count). The molecule has 0 fully saturated rings. The van der Waals surface area contributed by atoms with E-state index in [0.717, 1.165) is 24.3 Å². The Bertz CT molecular complexity index is 1070. The van der Waals surface area contributed by atoms with Crippen molar-refractivity contribution < 1.29 is 9.47 Å². The van der Waals surface area contributed by atoms with Crippen LogP contribution in [0.3, 0.4) is 0 Å². The molecule has 0 unspecified atom stereocenters. The summed E-state index contributed by atoms with van der Waals surface area (Å²) in [4.78, 5) is 0. The van der Waals surface area contributed by atoms with Crippen molar-refractivity contribution in [2.45, 2.75) is 33.0 Å². The van der Waals surface area contributed by atoms with Crippen LogP contribution in [0.15, 0.2) is 103 Å². The second-order valence-corrected chi connectivity index (χ2v) is 7.84. The monoisotopic (exact) mass is 408 g/mol. The predicted molar refractivity (Wildman–Crippen MR) is 127 cm³/mol. The molecule has 0 aliphatic heterocycles. The topological polar surface area (TPSA) is 18.5 Å². The van der Waals surface area contributed by atoms with Crippen LogP contribution in [0, 0.1) is 6.92 Å². The summed E-state index contributed by atoms with van der Waals surface area (Å²) < 4.78 is 11.8. The Balaban J connectivity index is 1.23. The lowest BCUT2D eigenvalue weighted by molar-refractivity contribution is 0.306. The smallest absolute Gasteiger partial charge is 0.119 e. The van der Waals surface area contributed by atoms with E-state index in [1.807, 2.05) is 18.2 Å². The van der Waals surface area contributed by atoms with E-state index in [4.69, 9.17) is 9.47 Å². The lowest BCUT2D eigenvalue weighted by Gasteiger charge is -2.09. The third kappa shape index (κ3) is 6.48. The van der Waals surface area contributed by atoms with Gasteiger partial charge in [-0.05, 0) is 66.3 Å². The molecular weight excluding hydrogens is 380 g/mol. The van der Waals surface area contributed by atoms with Crippen molar-refractivity contribution in [1.29, 1.82) is 0 Å². The molecule has 0 bridgehead atoms. The van der Waals surface area contributed by atoms with Crippen LogP contribution in [0.5, 0.6) is 11.5 Å². The highest BCUT2D eigenvalue weighted by atomic mass is 16.5. The second kappa shape index (κ2) is 10.5. The number of rotatable bonds is 9. The fourth-order valence-corrected chi connectivity index (χ4v) is 3.50. The summed E-state index contributed by atoms with van der Waals surface area (Å²) in [6.07, 6.45) is 2.00. The fraction of sp³-hybridized carbons (Fsp3) is 0.172. The number of ether oxygens (including phenoxy) is 2. The first-order valence-electron chi connectivity index (χ1n) is 10.8. The maximum Gasteiger partial charge on any atom is 0.119 e. The van der Waals surface area contributed by atoms with Crippen molar-refractivity contribution in [2.24, 2.45) is 0 Å². The Morgan fingerprint density at radius 1 is 0.484 bits per heavy atom. The van der Waals surface area contributed by atoms with E-state index in [1.54, 1.807) is 0 Å². The van der Waals surface area contributed by atoms with Crippen LogP contribution < -0.4 is 9.47 Å².